The Labute approximate surface area is 132 Å². The van der Waals surface area contributed by atoms with Crippen LogP contribution in [0, 0.1) is 0 Å². The van der Waals surface area contributed by atoms with Gasteiger partial charge in [0, 0.05) is 25.0 Å². The van der Waals surface area contributed by atoms with Crippen LogP contribution in [0.1, 0.15) is 90.2 Å². The number of pyridine rings is 1. The van der Waals surface area contributed by atoms with Crippen molar-refractivity contribution in [3.63, 3.8) is 0 Å². The van der Waals surface area contributed by atoms with Gasteiger partial charge in [0.1, 0.15) is 6.54 Å². The third-order valence-electron chi connectivity index (χ3n) is 4.40. The normalized spacial score (nSPS) is 11.0. The summed E-state index contributed by atoms with van der Waals surface area (Å²) in [7, 11) is 0. The molecule has 0 radical (unpaired) electrons. The van der Waals surface area contributed by atoms with Crippen molar-refractivity contribution in [1.29, 1.82) is 0 Å². The maximum atomic E-state index is 2.42. The molecule has 0 aromatic carbocycles. The van der Waals surface area contributed by atoms with Gasteiger partial charge in [-0.3, -0.25) is 0 Å². The predicted molar refractivity (Wildman–Crippen MR) is 92.5 cm³/mol. The first-order chi connectivity index (χ1) is 10.4. The maximum Gasteiger partial charge on any atom is 0.181 e. The number of hydrogen-bond donors (Lipinski definition) is 0. The molecule has 0 N–H and O–H groups in total. The molecule has 0 fully saturated rings. The van der Waals surface area contributed by atoms with E-state index in [1.54, 1.807) is 0 Å². The van der Waals surface area contributed by atoms with Crippen molar-refractivity contribution in [1.82, 2.24) is 0 Å². The van der Waals surface area contributed by atoms with Crippen molar-refractivity contribution >= 4 is 0 Å². The fourth-order valence-electron chi connectivity index (χ4n) is 3.00. The van der Waals surface area contributed by atoms with Crippen LogP contribution in [-0.4, -0.2) is 0 Å². The van der Waals surface area contributed by atoms with Crippen LogP contribution < -0.4 is 4.57 Å². The van der Waals surface area contributed by atoms with Crippen LogP contribution in [0.4, 0.5) is 0 Å². The van der Waals surface area contributed by atoms with Gasteiger partial charge in [-0.1, -0.05) is 77.7 Å². The average molecular weight is 291 g/mol. The number of nitrogens with zero attached hydrogens (tertiary/aromatic N) is 1. The van der Waals surface area contributed by atoms with E-state index in [-0.39, 0.29) is 0 Å². The van der Waals surface area contributed by atoms with Crippen LogP contribution in [0.2, 0.25) is 0 Å². The van der Waals surface area contributed by atoms with Crippen molar-refractivity contribution in [3.8, 4) is 0 Å². The zero-order valence-electron chi connectivity index (χ0n) is 14.4. The van der Waals surface area contributed by atoms with Gasteiger partial charge in [-0.2, -0.15) is 0 Å². The lowest BCUT2D eigenvalue weighted by Crippen LogP contribution is -2.37. The summed E-state index contributed by atoms with van der Waals surface area (Å²) >= 11 is 0. The highest BCUT2D eigenvalue weighted by Gasteiger charge is 2.05. The molecule has 1 rings (SSSR count). The molecule has 0 bridgehead atoms. The lowest BCUT2D eigenvalue weighted by molar-refractivity contribution is -0.704. The standard InChI is InChI=1S/C20H36N/c1-3-5-6-7-8-9-10-11-12-13-15-18-21-19-16-14-17-20(21)4-2/h14,16-17,19H,3-13,15,18H2,1-2H3/q+1. The van der Waals surface area contributed by atoms with Gasteiger partial charge < -0.3 is 0 Å². The van der Waals surface area contributed by atoms with Crippen LogP contribution in [0.25, 0.3) is 0 Å². The van der Waals surface area contributed by atoms with E-state index in [0.717, 1.165) is 6.42 Å². The van der Waals surface area contributed by atoms with Gasteiger partial charge in [0.15, 0.2) is 11.9 Å². The number of hydrogen-bond acceptors (Lipinski definition) is 0. The zero-order valence-corrected chi connectivity index (χ0v) is 14.4. The van der Waals surface area contributed by atoms with Crippen molar-refractivity contribution in [2.45, 2.75) is 97.4 Å². The highest BCUT2D eigenvalue weighted by atomic mass is 14.9. The highest BCUT2D eigenvalue weighted by molar-refractivity contribution is 4.96. The monoisotopic (exact) mass is 290 g/mol. The molecule has 0 unspecified atom stereocenters. The fraction of sp³-hybridized carbons (Fsp3) is 0.750. The minimum absolute atomic E-state index is 1.14. The largest absolute Gasteiger partial charge is 0.202 e. The van der Waals surface area contributed by atoms with Gasteiger partial charge >= 0.3 is 0 Å². The number of unbranched alkanes of at least 4 members (excludes halogenated alkanes) is 10. The molecule has 1 aromatic heterocycles. The summed E-state index contributed by atoms with van der Waals surface area (Å²) in [4.78, 5) is 0. The third kappa shape index (κ3) is 8.90. The average Bonchev–Trinajstić information content (AvgIpc) is 2.53. The van der Waals surface area contributed by atoms with Crippen LogP contribution in [0.15, 0.2) is 24.4 Å². The Bertz CT molecular complexity index is 345. The minimum Gasteiger partial charge on any atom is -0.202 e. The van der Waals surface area contributed by atoms with E-state index in [0.29, 0.717) is 0 Å². The Morgan fingerprint density at radius 2 is 1.29 bits per heavy atom. The summed E-state index contributed by atoms with van der Waals surface area (Å²) in [5.74, 6) is 0. The van der Waals surface area contributed by atoms with E-state index >= 15 is 0 Å². The maximum absolute atomic E-state index is 2.42. The molecule has 0 amide bonds. The molecule has 0 aliphatic rings. The van der Waals surface area contributed by atoms with Gasteiger partial charge in [0.25, 0.3) is 0 Å². The van der Waals surface area contributed by atoms with Crippen molar-refractivity contribution in [3.05, 3.63) is 30.1 Å². The second-order valence-corrected chi connectivity index (χ2v) is 6.27. The zero-order chi connectivity index (χ0) is 15.2. The number of aryl methyl sites for hydroxylation is 2. The van der Waals surface area contributed by atoms with E-state index in [1.165, 1.54) is 82.9 Å². The van der Waals surface area contributed by atoms with E-state index in [1.807, 2.05) is 0 Å². The van der Waals surface area contributed by atoms with Gasteiger partial charge in [0.2, 0.25) is 0 Å². The first kappa shape index (κ1) is 18.2. The fourth-order valence-corrected chi connectivity index (χ4v) is 3.00. The van der Waals surface area contributed by atoms with Crippen LogP contribution in [0.3, 0.4) is 0 Å². The number of aromatic nitrogens is 1. The summed E-state index contributed by atoms with van der Waals surface area (Å²) < 4.78 is 2.42. The third-order valence-corrected chi connectivity index (χ3v) is 4.40. The lowest BCUT2D eigenvalue weighted by Gasteiger charge is -2.03. The molecule has 120 valence electrons. The Balaban J connectivity index is 1.93. The molecule has 0 saturated heterocycles. The van der Waals surface area contributed by atoms with E-state index in [4.69, 9.17) is 0 Å². The van der Waals surface area contributed by atoms with Gasteiger partial charge in [-0.25, -0.2) is 4.57 Å². The van der Waals surface area contributed by atoms with Crippen molar-refractivity contribution in [2.75, 3.05) is 0 Å². The van der Waals surface area contributed by atoms with E-state index in [9.17, 15) is 0 Å². The first-order valence-electron chi connectivity index (χ1n) is 9.35. The van der Waals surface area contributed by atoms with Crippen LogP contribution in [-0.2, 0) is 13.0 Å². The molecule has 0 spiro atoms. The molecular weight excluding hydrogens is 254 g/mol. The van der Waals surface area contributed by atoms with Gasteiger partial charge in [-0.05, 0) is 6.42 Å². The molecule has 0 aliphatic carbocycles. The minimum atomic E-state index is 1.14. The predicted octanol–water partition coefficient (Wildman–Crippen LogP) is 5.85. The van der Waals surface area contributed by atoms with Crippen LogP contribution >= 0.6 is 0 Å². The first-order valence-corrected chi connectivity index (χ1v) is 9.35. The Kier molecular flexibility index (Phi) is 11.1. The second kappa shape index (κ2) is 12.9. The molecule has 0 saturated carbocycles. The highest BCUT2D eigenvalue weighted by Crippen LogP contribution is 2.11. The Morgan fingerprint density at radius 1 is 0.714 bits per heavy atom. The van der Waals surface area contributed by atoms with Crippen molar-refractivity contribution in [2.24, 2.45) is 0 Å². The molecule has 21 heavy (non-hydrogen) atoms. The smallest absolute Gasteiger partial charge is 0.181 e. The summed E-state index contributed by atoms with van der Waals surface area (Å²) in [5, 5.41) is 0. The molecular formula is C20H36N+. The molecule has 0 atom stereocenters. The number of rotatable bonds is 13. The second-order valence-electron chi connectivity index (χ2n) is 6.27. The molecule has 1 aromatic rings. The van der Waals surface area contributed by atoms with E-state index < -0.39 is 0 Å². The summed E-state index contributed by atoms with van der Waals surface area (Å²) in [6, 6.07) is 6.55. The quantitative estimate of drug-likeness (QED) is 0.317. The van der Waals surface area contributed by atoms with Gasteiger partial charge in [0.05, 0.1) is 0 Å². The Hall–Kier alpha value is -0.850. The summed E-state index contributed by atoms with van der Waals surface area (Å²) in [6.45, 7) is 5.73. The SMILES string of the molecule is CCCCCCCCCCCCC[n+]1ccccc1CC. The van der Waals surface area contributed by atoms with Gasteiger partial charge in [-0.15, -0.1) is 0 Å². The molecule has 1 heterocycles. The van der Waals surface area contributed by atoms with Crippen LogP contribution in [0.5, 0.6) is 0 Å². The lowest BCUT2D eigenvalue weighted by atomic mass is 10.1. The summed E-state index contributed by atoms with van der Waals surface area (Å²) in [6.07, 6.45) is 19.0. The topological polar surface area (TPSA) is 3.88 Å². The van der Waals surface area contributed by atoms with Crippen molar-refractivity contribution < 1.29 is 4.57 Å². The Morgan fingerprint density at radius 3 is 1.86 bits per heavy atom. The molecule has 1 nitrogen and oxygen atoms in total. The molecule has 1 heteroatoms. The van der Waals surface area contributed by atoms with E-state index in [2.05, 4.69) is 42.8 Å². The summed E-state index contributed by atoms with van der Waals surface area (Å²) in [5.41, 5.74) is 1.46. The molecule has 0 aliphatic heterocycles.